The summed E-state index contributed by atoms with van der Waals surface area (Å²) in [5.74, 6) is 1.50. The molecule has 11 heavy (non-hydrogen) atoms. The van der Waals surface area contributed by atoms with E-state index in [1.807, 2.05) is 0 Å². The second kappa shape index (κ2) is 2.78. The summed E-state index contributed by atoms with van der Waals surface area (Å²) in [5.41, 5.74) is 9.81. The number of nitrogens with zero attached hydrogens (tertiary/aromatic N) is 2. The molecule has 0 saturated heterocycles. The first-order valence-corrected chi connectivity index (χ1v) is 4.62. The normalized spacial score (nSPS) is 36.5. The fourth-order valence-electron chi connectivity index (χ4n) is 2.68. The Balaban J connectivity index is 2.19. The summed E-state index contributed by atoms with van der Waals surface area (Å²) in [6, 6.07) is 0. The van der Waals surface area contributed by atoms with Crippen LogP contribution in [0.4, 0.5) is 0 Å². The van der Waals surface area contributed by atoms with Gasteiger partial charge in [-0.15, -0.1) is 0 Å². The maximum absolute atomic E-state index is 8.73. The lowest BCUT2D eigenvalue weighted by Crippen LogP contribution is -2.24. The van der Waals surface area contributed by atoms with Gasteiger partial charge >= 0.3 is 0 Å². The van der Waals surface area contributed by atoms with E-state index in [9.17, 15) is 0 Å². The summed E-state index contributed by atoms with van der Waals surface area (Å²) < 4.78 is 0. The van der Waals surface area contributed by atoms with Crippen molar-refractivity contribution < 1.29 is 4.79 Å². The summed E-state index contributed by atoms with van der Waals surface area (Å²) in [7, 11) is 0. The molecule has 0 unspecified atom stereocenters. The third kappa shape index (κ3) is 1.12. The lowest BCUT2D eigenvalue weighted by atomic mass is 9.80. The molecule has 0 aliphatic heterocycles. The van der Waals surface area contributed by atoms with Crippen LogP contribution in [0.25, 0.3) is 5.53 Å². The van der Waals surface area contributed by atoms with Crippen molar-refractivity contribution in [1.29, 1.82) is 0 Å². The van der Waals surface area contributed by atoms with Crippen molar-refractivity contribution in [3.63, 3.8) is 0 Å². The highest BCUT2D eigenvalue weighted by Gasteiger charge is 2.38. The van der Waals surface area contributed by atoms with Crippen molar-refractivity contribution in [1.82, 2.24) is 0 Å². The maximum atomic E-state index is 8.73. The molecule has 0 amide bonds. The largest absolute Gasteiger partial charge is 0.362 e. The Morgan fingerprint density at radius 3 is 2.82 bits per heavy atom. The average molecular weight is 150 g/mol. The first-order chi connectivity index (χ1) is 5.42. The summed E-state index contributed by atoms with van der Waals surface area (Å²) in [5, 5.41) is 0. The molecule has 0 heterocycles. The molecule has 2 fully saturated rings. The molecular formula is C9H14N2. The second-order valence-electron chi connectivity index (χ2n) is 3.78. The molecule has 0 aromatic carbocycles. The second-order valence-corrected chi connectivity index (χ2v) is 3.78. The van der Waals surface area contributed by atoms with Crippen LogP contribution in [-0.2, 0) is 0 Å². The van der Waals surface area contributed by atoms with Gasteiger partial charge in [-0.05, 0) is 31.6 Å². The van der Waals surface area contributed by atoms with Gasteiger partial charge in [-0.2, -0.15) is 4.79 Å². The zero-order valence-electron chi connectivity index (χ0n) is 6.79. The molecule has 2 aliphatic carbocycles. The molecule has 60 valence electrons. The first kappa shape index (κ1) is 7.05. The van der Waals surface area contributed by atoms with Crippen LogP contribution in [0.2, 0.25) is 0 Å². The topological polar surface area (TPSA) is 36.4 Å². The number of hydrogen-bond donors (Lipinski definition) is 0. The van der Waals surface area contributed by atoms with Crippen LogP contribution in [0.3, 0.4) is 0 Å². The van der Waals surface area contributed by atoms with E-state index in [0.717, 1.165) is 18.1 Å². The van der Waals surface area contributed by atoms with Crippen molar-refractivity contribution >= 4 is 5.71 Å². The van der Waals surface area contributed by atoms with Crippen LogP contribution in [0, 0.1) is 11.8 Å². The molecular weight excluding hydrogens is 136 g/mol. The van der Waals surface area contributed by atoms with E-state index >= 15 is 0 Å². The Hall–Kier alpha value is -0.620. The Labute approximate surface area is 67.2 Å². The maximum Gasteiger partial charge on any atom is 0.272 e. The van der Waals surface area contributed by atoms with Gasteiger partial charge in [0.1, 0.15) is 0 Å². The molecule has 0 bridgehead atoms. The smallest absolute Gasteiger partial charge is 0.272 e. The molecule has 2 nitrogen and oxygen atoms in total. The third-order valence-corrected chi connectivity index (χ3v) is 3.22. The van der Waals surface area contributed by atoms with Crippen molar-refractivity contribution in [3.8, 4) is 0 Å². The van der Waals surface area contributed by atoms with Crippen molar-refractivity contribution in [3.05, 3.63) is 5.53 Å². The minimum Gasteiger partial charge on any atom is -0.362 e. The van der Waals surface area contributed by atoms with Crippen LogP contribution in [-0.4, -0.2) is 10.5 Å². The SMILES string of the molecule is [N-]=[N+]=C1CCC[C@@H]2CCC[C@H]12. The highest BCUT2D eigenvalue weighted by molar-refractivity contribution is 5.82. The fourth-order valence-corrected chi connectivity index (χ4v) is 2.68. The molecule has 2 atom stereocenters. The van der Waals surface area contributed by atoms with E-state index < -0.39 is 0 Å². The lowest BCUT2D eigenvalue weighted by Gasteiger charge is -2.20. The van der Waals surface area contributed by atoms with Crippen LogP contribution < -0.4 is 0 Å². The van der Waals surface area contributed by atoms with Crippen LogP contribution in [0.5, 0.6) is 0 Å². The van der Waals surface area contributed by atoms with Crippen LogP contribution in [0.1, 0.15) is 38.5 Å². The van der Waals surface area contributed by atoms with E-state index in [2.05, 4.69) is 4.79 Å². The zero-order valence-corrected chi connectivity index (χ0v) is 6.79. The van der Waals surface area contributed by atoms with E-state index in [1.54, 1.807) is 0 Å². The highest BCUT2D eigenvalue weighted by Crippen LogP contribution is 2.39. The van der Waals surface area contributed by atoms with Gasteiger partial charge in [-0.3, -0.25) is 0 Å². The molecule has 2 aliphatic rings. The van der Waals surface area contributed by atoms with Crippen molar-refractivity contribution in [2.75, 3.05) is 0 Å². The molecule has 0 spiro atoms. The number of fused-ring (bicyclic) bond motifs is 1. The van der Waals surface area contributed by atoms with Crippen molar-refractivity contribution in [2.45, 2.75) is 38.5 Å². The van der Waals surface area contributed by atoms with Crippen LogP contribution >= 0.6 is 0 Å². The number of rotatable bonds is 0. The first-order valence-electron chi connectivity index (χ1n) is 4.62. The van der Waals surface area contributed by atoms with E-state index in [1.165, 1.54) is 32.1 Å². The molecule has 0 aromatic rings. The molecule has 0 aromatic heterocycles. The van der Waals surface area contributed by atoms with E-state index in [0.29, 0.717) is 5.92 Å². The molecule has 0 N–H and O–H groups in total. The van der Waals surface area contributed by atoms with Gasteiger partial charge < -0.3 is 5.53 Å². The quantitative estimate of drug-likeness (QED) is 0.375. The fraction of sp³-hybridized carbons (Fsp3) is 0.889. The Bertz CT molecular complexity index is 204. The van der Waals surface area contributed by atoms with Gasteiger partial charge in [0.05, 0.1) is 5.92 Å². The molecule has 2 heteroatoms. The summed E-state index contributed by atoms with van der Waals surface area (Å²) >= 11 is 0. The zero-order chi connectivity index (χ0) is 7.68. The molecule has 2 saturated carbocycles. The Morgan fingerprint density at radius 2 is 2.00 bits per heavy atom. The predicted molar refractivity (Wildman–Crippen MR) is 43.3 cm³/mol. The molecule has 0 radical (unpaired) electrons. The highest BCUT2D eigenvalue weighted by atomic mass is 14.9. The van der Waals surface area contributed by atoms with E-state index in [-0.39, 0.29) is 0 Å². The Kier molecular flexibility index (Phi) is 1.79. The summed E-state index contributed by atoms with van der Waals surface area (Å²) in [4.78, 5) is 3.41. The third-order valence-electron chi connectivity index (χ3n) is 3.22. The van der Waals surface area contributed by atoms with Gasteiger partial charge in [0.25, 0.3) is 5.71 Å². The molecule has 2 rings (SSSR count). The summed E-state index contributed by atoms with van der Waals surface area (Å²) in [6.07, 6.45) is 7.62. The van der Waals surface area contributed by atoms with Gasteiger partial charge in [-0.25, -0.2) is 0 Å². The van der Waals surface area contributed by atoms with Crippen LogP contribution in [0.15, 0.2) is 0 Å². The monoisotopic (exact) mass is 150 g/mol. The van der Waals surface area contributed by atoms with E-state index in [4.69, 9.17) is 5.53 Å². The minimum absolute atomic E-state index is 0.647. The van der Waals surface area contributed by atoms with Gasteiger partial charge in [0.15, 0.2) is 0 Å². The summed E-state index contributed by atoms with van der Waals surface area (Å²) in [6.45, 7) is 0. The standard InChI is InChI=1S/C9H14N2/c10-11-9-6-2-4-7-3-1-5-8(7)9/h7-8H,1-6H2/t7-,8-/m0/s1. The average Bonchev–Trinajstić information content (AvgIpc) is 2.50. The van der Waals surface area contributed by atoms with Gasteiger partial charge in [-0.1, -0.05) is 6.42 Å². The lowest BCUT2D eigenvalue weighted by molar-refractivity contribution is -0.0207. The predicted octanol–water partition coefficient (Wildman–Crippen LogP) is 2.26. The van der Waals surface area contributed by atoms with Gasteiger partial charge in [0, 0.05) is 6.42 Å². The number of hydrogen-bond acceptors (Lipinski definition) is 0. The minimum atomic E-state index is 0.647. The van der Waals surface area contributed by atoms with Gasteiger partial charge in [0.2, 0.25) is 0 Å². The Morgan fingerprint density at radius 1 is 1.18 bits per heavy atom. The van der Waals surface area contributed by atoms with Crippen molar-refractivity contribution in [2.24, 2.45) is 11.8 Å².